The molecule has 1 amide bonds. The summed E-state index contributed by atoms with van der Waals surface area (Å²) in [6, 6.07) is 0. The lowest BCUT2D eigenvalue weighted by atomic mass is 9.98. The molecule has 0 aliphatic carbocycles. The predicted octanol–water partition coefficient (Wildman–Crippen LogP) is -0.146. The molecule has 0 unspecified atom stereocenters. The van der Waals surface area contributed by atoms with Gasteiger partial charge in [0, 0.05) is 32.9 Å². The highest BCUT2D eigenvalue weighted by Crippen LogP contribution is 2.15. The van der Waals surface area contributed by atoms with Crippen molar-refractivity contribution in [1.29, 1.82) is 0 Å². The number of imidazole rings is 1. The molecule has 0 atom stereocenters. The van der Waals surface area contributed by atoms with Gasteiger partial charge in [-0.25, -0.2) is 4.98 Å². The number of amides is 1. The van der Waals surface area contributed by atoms with Crippen LogP contribution in [0.3, 0.4) is 0 Å². The van der Waals surface area contributed by atoms with Crippen LogP contribution in [0.25, 0.3) is 0 Å². The molecule has 2 rings (SSSR count). The predicted molar refractivity (Wildman–Crippen MR) is 71.8 cm³/mol. The Morgan fingerprint density at radius 1 is 1.53 bits per heavy atom. The molecule has 1 fully saturated rings. The summed E-state index contributed by atoms with van der Waals surface area (Å²) in [5.41, 5.74) is 0.460. The summed E-state index contributed by atoms with van der Waals surface area (Å²) in [6.45, 7) is 3.80. The Morgan fingerprint density at radius 2 is 2.26 bits per heavy atom. The van der Waals surface area contributed by atoms with Crippen molar-refractivity contribution in [3.63, 3.8) is 0 Å². The molecule has 106 valence electrons. The topological polar surface area (TPSA) is 70.4 Å². The van der Waals surface area contributed by atoms with Gasteiger partial charge >= 0.3 is 0 Å². The Labute approximate surface area is 113 Å². The Kier molecular flexibility index (Phi) is 4.93. The molecule has 1 aliphatic heterocycles. The van der Waals surface area contributed by atoms with E-state index in [0.717, 1.165) is 32.5 Å². The summed E-state index contributed by atoms with van der Waals surface area (Å²) >= 11 is 0. The van der Waals surface area contributed by atoms with Crippen LogP contribution in [0.5, 0.6) is 0 Å². The van der Waals surface area contributed by atoms with E-state index in [9.17, 15) is 4.79 Å². The van der Waals surface area contributed by atoms with Crippen LogP contribution in [0.1, 0.15) is 23.3 Å². The highest BCUT2D eigenvalue weighted by Gasteiger charge is 2.18. The number of aromatic nitrogens is 2. The fourth-order valence-electron chi connectivity index (χ4n) is 2.34. The molecule has 0 bridgehead atoms. The van der Waals surface area contributed by atoms with Crippen molar-refractivity contribution in [3.05, 3.63) is 18.2 Å². The fourth-order valence-corrected chi connectivity index (χ4v) is 2.34. The lowest BCUT2D eigenvalue weighted by Gasteiger charge is -2.30. The summed E-state index contributed by atoms with van der Waals surface area (Å²) in [4.78, 5) is 18.1. The summed E-state index contributed by atoms with van der Waals surface area (Å²) in [5, 5.41) is 11.9. The molecular weight excluding hydrogens is 244 g/mol. The van der Waals surface area contributed by atoms with E-state index in [-0.39, 0.29) is 5.91 Å². The Morgan fingerprint density at radius 3 is 2.84 bits per heavy atom. The SMILES string of the molecule is Cn1cnc(C(=O)NCCN2CCC(CO)CC2)c1. The van der Waals surface area contributed by atoms with E-state index in [0.29, 0.717) is 24.8 Å². The van der Waals surface area contributed by atoms with Crippen molar-refractivity contribution in [3.8, 4) is 0 Å². The van der Waals surface area contributed by atoms with Gasteiger partial charge in [-0.15, -0.1) is 0 Å². The average Bonchev–Trinajstić information content (AvgIpc) is 2.86. The number of rotatable bonds is 5. The van der Waals surface area contributed by atoms with Crippen molar-refractivity contribution in [2.24, 2.45) is 13.0 Å². The Balaban J connectivity index is 1.65. The maximum atomic E-state index is 11.8. The second-order valence-electron chi connectivity index (χ2n) is 5.15. The first-order valence-electron chi connectivity index (χ1n) is 6.78. The zero-order chi connectivity index (χ0) is 13.7. The highest BCUT2D eigenvalue weighted by atomic mass is 16.3. The van der Waals surface area contributed by atoms with Crippen LogP contribution in [0.2, 0.25) is 0 Å². The van der Waals surface area contributed by atoms with E-state index in [4.69, 9.17) is 5.11 Å². The van der Waals surface area contributed by atoms with E-state index in [1.807, 2.05) is 7.05 Å². The first-order valence-corrected chi connectivity index (χ1v) is 6.78. The molecule has 1 aliphatic rings. The fraction of sp³-hybridized carbons (Fsp3) is 0.692. The number of hydrogen-bond donors (Lipinski definition) is 2. The normalized spacial score (nSPS) is 17.6. The van der Waals surface area contributed by atoms with Gasteiger partial charge < -0.3 is 19.9 Å². The molecule has 6 heteroatoms. The monoisotopic (exact) mass is 266 g/mol. The van der Waals surface area contributed by atoms with Crippen LogP contribution in [-0.4, -0.2) is 58.3 Å². The molecule has 19 heavy (non-hydrogen) atoms. The minimum Gasteiger partial charge on any atom is -0.396 e. The maximum absolute atomic E-state index is 11.8. The van der Waals surface area contributed by atoms with Crippen molar-refractivity contribution in [1.82, 2.24) is 19.8 Å². The molecular formula is C13H22N4O2. The molecule has 6 nitrogen and oxygen atoms in total. The lowest BCUT2D eigenvalue weighted by Crippen LogP contribution is -2.40. The smallest absolute Gasteiger partial charge is 0.271 e. The number of aliphatic hydroxyl groups excluding tert-OH is 1. The zero-order valence-corrected chi connectivity index (χ0v) is 11.4. The molecule has 1 aromatic rings. The largest absolute Gasteiger partial charge is 0.396 e. The molecule has 2 heterocycles. The number of carbonyl (C=O) groups is 1. The first kappa shape index (κ1) is 14.0. The number of nitrogens with one attached hydrogen (secondary N) is 1. The number of nitrogens with zero attached hydrogens (tertiary/aromatic N) is 3. The average molecular weight is 266 g/mol. The van der Waals surface area contributed by atoms with Gasteiger partial charge in [0.1, 0.15) is 5.69 Å². The third-order valence-corrected chi connectivity index (χ3v) is 3.62. The number of aliphatic hydroxyl groups is 1. The molecule has 0 aromatic carbocycles. The van der Waals surface area contributed by atoms with Gasteiger partial charge in [0.2, 0.25) is 0 Å². The summed E-state index contributed by atoms with van der Waals surface area (Å²) in [6.07, 6.45) is 5.42. The minimum atomic E-state index is -0.120. The van der Waals surface area contributed by atoms with E-state index in [2.05, 4.69) is 15.2 Å². The second-order valence-corrected chi connectivity index (χ2v) is 5.15. The second kappa shape index (κ2) is 6.68. The molecule has 1 saturated heterocycles. The van der Waals surface area contributed by atoms with Crippen LogP contribution >= 0.6 is 0 Å². The van der Waals surface area contributed by atoms with E-state index >= 15 is 0 Å². The zero-order valence-electron chi connectivity index (χ0n) is 11.4. The number of hydrogen-bond acceptors (Lipinski definition) is 4. The quantitative estimate of drug-likeness (QED) is 0.778. The molecule has 0 saturated carbocycles. The van der Waals surface area contributed by atoms with Gasteiger partial charge in [0.25, 0.3) is 5.91 Å². The Bertz CT molecular complexity index is 411. The van der Waals surface area contributed by atoms with Gasteiger partial charge in [-0.05, 0) is 31.8 Å². The molecule has 0 spiro atoms. The summed E-state index contributed by atoms with van der Waals surface area (Å²) in [5.74, 6) is 0.338. The van der Waals surface area contributed by atoms with Crippen molar-refractivity contribution in [2.45, 2.75) is 12.8 Å². The highest BCUT2D eigenvalue weighted by molar-refractivity contribution is 5.91. The number of aryl methyl sites for hydroxylation is 1. The molecule has 2 N–H and O–H groups in total. The van der Waals surface area contributed by atoms with Crippen LogP contribution in [0.4, 0.5) is 0 Å². The maximum Gasteiger partial charge on any atom is 0.271 e. The summed E-state index contributed by atoms with van der Waals surface area (Å²) < 4.78 is 1.76. The van der Waals surface area contributed by atoms with Crippen molar-refractivity contribution >= 4 is 5.91 Å². The van der Waals surface area contributed by atoms with Crippen LogP contribution < -0.4 is 5.32 Å². The van der Waals surface area contributed by atoms with Crippen molar-refractivity contribution in [2.75, 3.05) is 32.8 Å². The standard InChI is InChI=1S/C13H22N4O2/c1-16-8-12(15-10-16)13(19)14-4-7-17-5-2-11(9-18)3-6-17/h8,10-11,18H,2-7,9H2,1H3,(H,14,19). The van der Waals surface area contributed by atoms with Gasteiger partial charge in [-0.1, -0.05) is 0 Å². The van der Waals surface area contributed by atoms with E-state index in [1.165, 1.54) is 0 Å². The van der Waals surface area contributed by atoms with Crippen LogP contribution in [0, 0.1) is 5.92 Å². The van der Waals surface area contributed by atoms with Crippen molar-refractivity contribution < 1.29 is 9.90 Å². The Hall–Kier alpha value is -1.40. The third-order valence-electron chi connectivity index (χ3n) is 3.62. The molecule has 0 radical (unpaired) electrons. The number of carbonyl (C=O) groups excluding carboxylic acids is 1. The van der Waals surface area contributed by atoms with E-state index < -0.39 is 0 Å². The minimum absolute atomic E-state index is 0.120. The first-order chi connectivity index (χ1) is 9.19. The van der Waals surface area contributed by atoms with Crippen LogP contribution in [0.15, 0.2) is 12.5 Å². The molecule has 1 aromatic heterocycles. The van der Waals surface area contributed by atoms with Gasteiger partial charge in [-0.3, -0.25) is 4.79 Å². The van der Waals surface area contributed by atoms with Gasteiger partial charge in [0.05, 0.1) is 6.33 Å². The van der Waals surface area contributed by atoms with Crippen LogP contribution in [-0.2, 0) is 7.05 Å². The lowest BCUT2D eigenvalue weighted by molar-refractivity contribution is 0.0934. The van der Waals surface area contributed by atoms with Gasteiger partial charge in [-0.2, -0.15) is 0 Å². The van der Waals surface area contributed by atoms with E-state index in [1.54, 1.807) is 17.1 Å². The summed E-state index contributed by atoms with van der Waals surface area (Å²) in [7, 11) is 1.84. The third kappa shape index (κ3) is 4.04. The van der Waals surface area contributed by atoms with Gasteiger partial charge in [0.15, 0.2) is 0 Å². The number of piperidine rings is 1. The number of likely N-dealkylation sites (tertiary alicyclic amines) is 1.